The quantitative estimate of drug-likeness (QED) is 0.0773. The maximum absolute atomic E-state index is 11.9. The number of methoxy groups -OCH3 is 1. The Morgan fingerprint density at radius 2 is 1.40 bits per heavy atom. The second-order valence-corrected chi connectivity index (χ2v) is 16.5. The van der Waals surface area contributed by atoms with Gasteiger partial charge in [-0.05, 0) is 39.4 Å². The normalized spacial score (nSPS) is 14.8. The Balaban J connectivity index is 1.97. The van der Waals surface area contributed by atoms with E-state index < -0.39 is 8.32 Å². The van der Waals surface area contributed by atoms with Gasteiger partial charge in [0, 0.05) is 17.9 Å². The van der Waals surface area contributed by atoms with E-state index in [2.05, 4.69) is 120 Å². The summed E-state index contributed by atoms with van der Waals surface area (Å²) in [4.78, 5) is 11.9. The zero-order valence-corrected chi connectivity index (χ0v) is 28.1. The zero-order valence-electron chi connectivity index (χ0n) is 27.1. The Bertz CT molecular complexity index is 1260. The molecule has 0 amide bonds. The number of carbonyl (C=O) groups excluding carboxylic acids is 1. The molecule has 3 rings (SSSR count). The van der Waals surface area contributed by atoms with Gasteiger partial charge < -0.3 is 13.9 Å². The first-order valence-electron chi connectivity index (χ1n) is 15.5. The van der Waals surface area contributed by atoms with Crippen molar-refractivity contribution in [3.8, 4) is 0 Å². The average Bonchev–Trinajstić information content (AvgIpc) is 3.03. The number of hydrogen-bond donors (Lipinski definition) is 0. The van der Waals surface area contributed by atoms with E-state index in [9.17, 15) is 4.79 Å². The average molecular weight is 599 g/mol. The van der Waals surface area contributed by atoms with Gasteiger partial charge in [0.1, 0.15) is 0 Å². The van der Waals surface area contributed by atoms with Crippen molar-refractivity contribution in [2.45, 2.75) is 72.1 Å². The summed E-state index contributed by atoms with van der Waals surface area (Å²) < 4.78 is 18.7. The lowest BCUT2D eigenvalue weighted by Crippen LogP contribution is -2.66. The number of hydrogen-bond acceptors (Lipinski definition) is 4. The van der Waals surface area contributed by atoms with Gasteiger partial charge in [0.2, 0.25) is 0 Å². The standard InChI is InChI=1S/C38H50O4Si/c1-8-31(29-42-43(38(4,5)6,34-21-15-11-16-22-34)35-23-17-12-18-24-35)27-33(9-2)37(30(3)25-26-36(39)40-7)41-28-32-19-13-10-14-20-32/h10-27,30,33,37H,8-9,28-29H2,1-7H3/b26-25+,31-27-/t30-,33-,37-/m1/s1. The molecule has 0 spiro atoms. The first kappa shape index (κ1) is 34.2. The van der Waals surface area contributed by atoms with Crippen LogP contribution in [-0.4, -0.2) is 34.1 Å². The van der Waals surface area contributed by atoms with Gasteiger partial charge >= 0.3 is 5.97 Å². The molecule has 3 aromatic carbocycles. The molecule has 0 fully saturated rings. The summed E-state index contributed by atoms with van der Waals surface area (Å²) in [5.74, 6) is -0.219. The van der Waals surface area contributed by atoms with Crippen LogP contribution in [0.25, 0.3) is 0 Å². The first-order chi connectivity index (χ1) is 20.7. The van der Waals surface area contributed by atoms with Crippen LogP contribution in [0.5, 0.6) is 0 Å². The fourth-order valence-corrected chi connectivity index (χ4v) is 10.4. The molecule has 0 unspecified atom stereocenters. The van der Waals surface area contributed by atoms with Gasteiger partial charge in [-0.15, -0.1) is 0 Å². The lowest BCUT2D eigenvalue weighted by atomic mass is 9.87. The van der Waals surface area contributed by atoms with Crippen LogP contribution in [0.4, 0.5) is 0 Å². The fourth-order valence-electron chi connectivity index (χ4n) is 5.82. The molecular formula is C38H50O4Si. The lowest BCUT2D eigenvalue weighted by molar-refractivity contribution is -0.134. The van der Waals surface area contributed by atoms with Crippen molar-refractivity contribution < 1.29 is 18.7 Å². The molecule has 0 aliphatic rings. The van der Waals surface area contributed by atoms with Gasteiger partial charge in [-0.3, -0.25) is 0 Å². The maximum atomic E-state index is 11.9. The third-order valence-corrected chi connectivity index (χ3v) is 13.2. The fraction of sp³-hybridized carbons (Fsp3) is 0.395. The maximum Gasteiger partial charge on any atom is 0.330 e. The molecule has 43 heavy (non-hydrogen) atoms. The van der Waals surface area contributed by atoms with Crippen LogP contribution in [0.3, 0.4) is 0 Å². The monoisotopic (exact) mass is 598 g/mol. The summed E-state index contributed by atoms with van der Waals surface area (Å²) in [5, 5.41) is 2.47. The SMILES string of the molecule is CC/C(=C/[C@@H](CC)[C@H](OCc1ccccc1)[C@H](C)/C=C/C(=O)OC)CO[Si](c1ccccc1)(c1ccccc1)C(C)(C)C. The second kappa shape index (κ2) is 16.6. The number of esters is 1. The van der Waals surface area contributed by atoms with Gasteiger partial charge in [-0.1, -0.05) is 145 Å². The van der Waals surface area contributed by atoms with Crippen molar-refractivity contribution in [1.82, 2.24) is 0 Å². The molecule has 0 bridgehead atoms. The molecule has 0 saturated heterocycles. The molecule has 4 nitrogen and oxygen atoms in total. The molecular weight excluding hydrogens is 549 g/mol. The minimum Gasteiger partial charge on any atom is -0.466 e. The van der Waals surface area contributed by atoms with Gasteiger partial charge in [0.15, 0.2) is 0 Å². The second-order valence-electron chi connectivity index (χ2n) is 12.2. The van der Waals surface area contributed by atoms with Crippen molar-refractivity contribution in [1.29, 1.82) is 0 Å². The van der Waals surface area contributed by atoms with Crippen molar-refractivity contribution >= 4 is 24.7 Å². The van der Waals surface area contributed by atoms with E-state index in [0.717, 1.165) is 18.4 Å². The smallest absolute Gasteiger partial charge is 0.330 e. The summed E-state index contributed by atoms with van der Waals surface area (Å²) >= 11 is 0. The third-order valence-electron chi connectivity index (χ3n) is 8.23. The highest BCUT2D eigenvalue weighted by molar-refractivity contribution is 6.99. The predicted octanol–water partition coefficient (Wildman–Crippen LogP) is 7.88. The largest absolute Gasteiger partial charge is 0.466 e. The number of carbonyl (C=O) groups is 1. The predicted molar refractivity (Wildman–Crippen MR) is 181 cm³/mol. The summed E-state index contributed by atoms with van der Waals surface area (Å²) in [6, 6.07) is 31.8. The minimum atomic E-state index is -2.66. The van der Waals surface area contributed by atoms with E-state index in [4.69, 9.17) is 13.9 Å². The molecule has 0 N–H and O–H groups in total. The van der Waals surface area contributed by atoms with Crippen molar-refractivity contribution in [2.75, 3.05) is 13.7 Å². The molecule has 0 aliphatic heterocycles. The summed E-state index contributed by atoms with van der Waals surface area (Å²) in [7, 11) is -1.26. The minimum absolute atomic E-state index is 0.000264. The van der Waals surface area contributed by atoms with Crippen LogP contribution in [0.1, 0.15) is 59.9 Å². The van der Waals surface area contributed by atoms with E-state index in [0.29, 0.717) is 13.2 Å². The molecule has 0 aromatic heterocycles. The van der Waals surface area contributed by atoms with Gasteiger partial charge in [-0.2, -0.15) is 0 Å². The Morgan fingerprint density at radius 3 is 1.86 bits per heavy atom. The molecule has 0 saturated carbocycles. The number of rotatable bonds is 15. The zero-order chi connectivity index (χ0) is 31.3. The van der Waals surface area contributed by atoms with Crippen molar-refractivity contribution in [3.63, 3.8) is 0 Å². The Labute approximate surface area is 260 Å². The Morgan fingerprint density at radius 1 is 0.860 bits per heavy atom. The van der Waals surface area contributed by atoms with E-state index >= 15 is 0 Å². The van der Waals surface area contributed by atoms with Gasteiger partial charge in [0.25, 0.3) is 8.32 Å². The molecule has 0 heterocycles. The molecule has 3 aromatic rings. The third kappa shape index (κ3) is 9.12. The highest BCUT2D eigenvalue weighted by Gasteiger charge is 2.50. The van der Waals surface area contributed by atoms with Crippen LogP contribution < -0.4 is 10.4 Å². The number of benzene rings is 3. The van der Waals surface area contributed by atoms with Gasteiger partial charge in [-0.25, -0.2) is 4.79 Å². The molecule has 0 aliphatic carbocycles. The van der Waals surface area contributed by atoms with Crippen LogP contribution in [0, 0.1) is 11.8 Å². The van der Waals surface area contributed by atoms with Crippen LogP contribution in [-0.2, 0) is 25.3 Å². The lowest BCUT2D eigenvalue weighted by Gasteiger charge is -2.43. The van der Waals surface area contributed by atoms with Crippen molar-refractivity contribution in [2.24, 2.45) is 11.8 Å². The topological polar surface area (TPSA) is 44.8 Å². The van der Waals surface area contributed by atoms with E-state index in [-0.39, 0.29) is 28.9 Å². The van der Waals surface area contributed by atoms with Crippen molar-refractivity contribution in [3.05, 3.63) is 120 Å². The van der Waals surface area contributed by atoms with E-state index in [1.54, 1.807) is 0 Å². The highest BCUT2D eigenvalue weighted by Crippen LogP contribution is 2.37. The summed E-state index contributed by atoms with van der Waals surface area (Å²) in [5.41, 5.74) is 2.39. The van der Waals surface area contributed by atoms with Crippen LogP contribution >= 0.6 is 0 Å². The Hall–Kier alpha value is -3.25. The number of ether oxygens (including phenoxy) is 2. The van der Waals surface area contributed by atoms with E-state index in [1.165, 1.54) is 29.1 Å². The molecule has 3 atom stereocenters. The van der Waals surface area contributed by atoms with E-state index in [1.807, 2.05) is 24.3 Å². The van der Waals surface area contributed by atoms with Gasteiger partial charge in [0.05, 0.1) is 26.4 Å². The summed E-state index contributed by atoms with van der Waals surface area (Å²) in [6.07, 6.45) is 7.44. The Kier molecular flexibility index (Phi) is 13.2. The van der Waals surface area contributed by atoms with Crippen LogP contribution in [0.2, 0.25) is 5.04 Å². The van der Waals surface area contributed by atoms with Crippen LogP contribution in [0.15, 0.2) is 115 Å². The molecule has 0 radical (unpaired) electrons. The summed E-state index contributed by atoms with van der Waals surface area (Å²) in [6.45, 7) is 14.5. The first-order valence-corrected chi connectivity index (χ1v) is 17.4. The highest BCUT2D eigenvalue weighted by atomic mass is 28.4. The molecule has 230 valence electrons. The molecule has 5 heteroatoms.